The van der Waals surface area contributed by atoms with E-state index in [0.29, 0.717) is 19.3 Å². The molecule has 0 aliphatic rings. The van der Waals surface area contributed by atoms with Gasteiger partial charge in [0.1, 0.15) is 13.2 Å². The van der Waals surface area contributed by atoms with Gasteiger partial charge in [0.25, 0.3) is 0 Å². The molecule has 0 N–H and O–H groups in total. The average molecular weight is 1090 g/mol. The molecule has 0 bridgehead atoms. The monoisotopic (exact) mass is 1090 g/mol. The van der Waals surface area contributed by atoms with E-state index in [9.17, 15) is 14.4 Å². The fourth-order valence-corrected chi connectivity index (χ4v) is 8.01. The van der Waals surface area contributed by atoms with Crippen molar-refractivity contribution in [1.29, 1.82) is 0 Å². The maximum Gasteiger partial charge on any atom is 0.306 e. The lowest BCUT2D eigenvalue weighted by Gasteiger charge is -2.18. The highest BCUT2D eigenvalue weighted by molar-refractivity contribution is 5.71. The largest absolute Gasteiger partial charge is 0.462 e. The van der Waals surface area contributed by atoms with E-state index in [1.165, 1.54) is 70.6 Å². The number of unbranched alkanes of at least 4 members (excludes halogenated alkanes) is 16. The smallest absolute Gasteiger partial charge is 0.306 e. The molecule has 0 amide bonds. The lowest BCUT2D eigenvalue weighted by molar-refractivity contribution is -0.167. The van der Waals surface area contributed by atoms with Gasteiger partial charge in [-0.2, -0.15) is 0 Å². The Kier molecular flexibility index (Phi) is 61.0. The van der Waals surface area contributed by atoms with Crippen LogP contribution in [0.1, 0.15) is 252 Å². The van der Waals surface area contributed by atoms with Crippen LogP contribution >= 0.6 is 0 Å². The average Bonchev–Trinajstić information content (AvgIpc) is 3.45. The van der Waals surface area contributed by atoms with Crippen LogP contribution in [-0.2, 0) is 28.6 Å². The minimum Gasteiger partial charge on any atom is -0.462 e. The van der Waals surface area contributed by atoms with Gasteiger partial charge < -0.3 is 14.2 Å². The Balaban J connectivity index is 4.59. The summed E-state index contributed by atoms with van der Waals surface area (Å²) in [6, 6.07) is 0. The summed E-state index contributed by atoms with van der Waals surface area (Å²) in [6.07, 6.45) is 96.4. The van der Waals surface area contributed by atoms with Gasteiger partial charge in [-0.25, -0.2) is 0 Å². The van der Waals surface area contributed by atoms with E-state index in [1.54, 1.807) is 0 Å². The summed E-state index contributed by atoms with van der Waals surface area (Å²) in [7, 11) is 0. The van der Waals surface area contributed by atoms with Crippen LogP contribution < -0.4 is 0 Å². The first kappa shape index (κ1) is 73.8. The Morgan fingerprint density at radius 2 is 0.494 bits per heavy atom. The van der Waals surface area contributed by atoms with Crippen molar-refractivity contribution in [2.45, 2.75) is 258 Å². The number of allylic oxidation sites excluding steroid dienone is 28. The summed E-state index contributed by atoms with van der Waals surface area (Å²) < 4.78 is 16.9. The van der Waals surface area contributed by atoms with Crippen LogP contribution in [-0.4, -0.2) is 37.2 Å². The Morgan fingerprint density at radius 3 is 0.797 bits per heavy atom. The van der Waals surface area contributed by atoms with Crippen molar-refractivity contribution in [1.82, 2.24) is 0 Å². The number of ether oxygens (including phenoxy) is 3. The molecule has 0 spiro atoms. The molecule has 0 saturated carbocycles. The second-order valence-corrected chi connectivity index (χ2v) is 20.2. The van der Waals surface area contributed by atoms with Crippen LogP contribution in [0.2, 0.25) is 0 Å². The predicted molar refractivity (Wildman–Crippen MR) is 343 cm³/mol. The third-order valence-corrected chi connectivity index (χ3v) is 12.7. The van der Waals surface area contributed by atoms with Crippen molar-refractivity contribution in [2.24, 2.45) is 0 Å². The molecule has 79 heavy (non-hydrogen) atoms. The zero-order chi connectivity index (χ0) is 57.1. The molecule has 0 aromatic carbocycles. The summed E-state index contributed by atoms with van der Waals surface area (Å²) in [5, 5.41) is 0. The minimum atomic E-state index is -0.832. The predicted octanol–water partition coefficient (Wildman–Crippen LogP) is 21.9. The van der Waals surface area contributed by atoms with E-state index in [-0.39, 0.29) is 44.0 Å². The first-order valence-electron chi connectivity index (χ1n) is 31.6. The quantitative estimate of drug-likeness (QED) is 0.0261. The third-order valence-electron chi connectivity index (χ3n) is 12.7. The topological polar surface area (TPSA) is 78.9 Å². The third kappa shape index (κ3) is 63.5. The first-order chi connectivity index (χ1) is 39.0. The normalized spacial score (nSPS) is 13.3. The highest BCUT2D eigenvalue weighted by Gasteiger charge is 2.19. The SMILES string of the molecule is CC/C=C\C/C=C\C/C=C\C/C=C\C/C=C\C/C=C\CCCCC(=O)OCC(COC(=O)CCCCCCCCCCC/C=C\C/C=C\CCCCC)OC(=O)CCCC/C=C\C/C=C\C/C=C\C/C=C\C/C=C\C/C=C\CC. The Hall–Kier alpha value is -5.23. The standard InChI is InChI=1S/C73H114O6/c1-4-7-10-13-16-19-22-25-28-31-34-36-39-42-45-48-51-54-57-60-63-66-72(75)78-69-70(68-77-71(74)65-62-59-56-53-50-47-44-41-38-33-30-27-24-21-18-15-12-9-6-3)79-73(76)67-64-61-58-55-52-49-46-43-40-37-35-32-29-26-23-20-17-14-11-8-5-2/h7-8,10-11,16-21,25-30,34-37,42-43,45-46,51-52,54-55,70H,4-6,9,12-15,22-24,31-33,38-41,44,47-50,53,56-69H2,1-3H3/b10-7-,11-8-,19-16-,20-17-,21-18-,28-25-,29-26-,30-27-,36-34-,37-35-,45-42-,46-43-,54-51-,55-52-. The first-order valence-corrected chi connectivity index (χ1v) is 31.6. The summed E-state index contributed by atoms with van der Waals surface area (Å²) in [6.45, 7) is 6.31. The van der Waals surface area contributed by atoms with Gasteiger partial charge in [0.05, 0.1) is 0 Å². The minimum absolute atomic E-state index is 0.120. The van der Waals surface area contributed by atoms with Gasteiger partial charge >= 0.3 is 17.9 Å². The maximum absolute atomic E-state index is 12.9. The van der Waals surface area contributed by atoms with Crippen LogP contribution in [0.3, 0.4) is 0 Å². The van der Waals surface area contributed by atoms with Crippen molar-refractivity contribution in [3.63, 3.8) is 0 Å². The van der Waals surface area contributed by atoms with Crippen LogP contribution in [0.4, 0.5) is 0 Å². The molecule has 6 nitrogen and oxygen atoms in total. The van der Waals surface area contributed by atoms with Gasteiger partial charge in [0, 0.05) is 19.3 Å². The Labute approximate surface area is 485 Å². The number of carbonyl (C=O) groups is 3. The maximum atomic E-state index is 12.9. The van der Waals surface area contributed by atoms with Crippen molar-refractivity contribution in [3.05, 3.63) is 170 Å². The van der Waals surface area contributed by atoms with Crippen molar-refractivity contribution in [3.8, 4) is 0 Å². The molecule has 0 aliphatic carbocycles. The Morgan fingerprint density at radius 1 is 0.266 bits per heavy atom. The van der Waals surface area contributed by atoms with E-state index in [0.717, 1.165) is 128 Å². The molecule has 0 rings (SSSR count). The zero-order valence-electron chi connectivity index (χ0n) is 50.6. The molecule has 0 radical (unpaired) electrons. The lowest BCUT2D eigenvalue weighted by Crippen LogP contribution is -2.30. The van der Waals surface area contributed by atoms with E-state index >= 15 is 0 Å². The van der Waals surface area contributed by atoms with Gasteiger partial charge in [0.2, 0.25) is 0 Å². The highest BCUT2D eigenvalue weighted by Crippen LogP contribution is 2.14. The molecule has 442 valence electrons. The molecule has 6 heteroatoms. The van der Waals surface area contributed by atoms with E-state index < -0.39 is 6.10 Å². The summed E-state index contributed by atoms with van der Waals surface area (Å²) in [5.41, 5.74) is 0. The molecule has 1 unspecified atom stereocenters. The van der Waals surface area contributed by atoms with E-state index in [4.69, 9.17) is 14.2 Å². The lowest BCUT2D eigenvalue weighted by atomic mass is 10.1. The molecule has 0 aliphatic heterocycles. The van der Waals surface area contributed by atoms with Crippen LogP contribution in [0.15, 0.2) is 170 Å². The molecule has 0 aromatic rings. The van der Waals surface area contributed by atoms with Crippen molar-refractivity contribution >= 4 is 17.9 Å². The van der Waals surface area contributed by atoms with Crippen molar-refractivity contribution in [2.75, 3.05) is 13.2 Å². The molecular weight excluding hydrogens is 973 g/mol. The van der Waals surface area contributed by atoms with Gasteiger partial charge in [-0.3, -0.25) is 14.4 Å². The molecule has 0 aromatic heterocycles. The highest BCUT2D eigenvalue weighted by atomic mass is 16.6. The summed E-state index contributed by atoms with van der Waals surface area (Å²) in [4.78, 5) is 38.3. The molecule has 0 heterocycles. The van der Waals surface area contributed by atoms with Gasteiger partial charge in [-0.1, -0.05) is 249 Å². The summed E-state index contributed by atoms with van der Waals surface area (Å²) in [5.74, 6) is -1.02. The van der Waals surface area contributed by atoms with E-state index in [2.05, 4.69) is 191 Å². The fourth-order valence-electron chi connectivity index (χ4n) is 8.01. The van der Waals surface area contributed by atoms with Gasteiger partial charge in [-0.15, -0.1) is 0 Å². The van der Waals surface area contributed by atoms with Gasteiger partial charge in [0.15, 0.2) is 6.10 Å². The number of hydrogen-bond donors (Lipinski definition) is 0. The zero-order valence-corrected chi connectivity index (χ0v) is 50.6. The Bertz CT molecular complexity index is 1820. The molecule has 1 atom stereocenters. The number of carbonyl (C=O) groups excluding carboxylic acids is 3. The van der Waals surface area contributed by atoms with Crippen molar-refractivity contribution < 1.29 is 28.6 Å². The second kappa shape index (κ2) is 65.3. The second-order valence-electron chi connectivity index (χ2n) is 20.2. The van der Waals surface area contributed by atoms with Crippen LogP contribution in [0.5, 0.6) is 0 Å². The molecular formula is C73H114O6. The van der Waals surface area contributed by atoms with Gasteiger partial charge in [-0.05, 0) is 154 Å². The van der Waals surface area contributed by atoms with Crippen LogP contribution in [0, 0.1) is 0 Å². The summed E-state index contributed by atoms with van der Waals surface area (Å²) >= 11 is 0. The number of hydrogen-bond acceptors (Lipinski definition) is 6. The fraction of sp³-hybridized carbons (Fsp3) is 0.575. The molecule has 0 saturated heterocycles. The molecule has 0 fully saturated rings. The number of esters is 3. The number of rotatable bonds is 55. The van der Waals surface area contributed by atoms with Crippen LogP contribution in [0.25, 0.3) is 0 Å². The van der Waals surface area contributed by atoms with E-state index in [1.807, 2.05) is 0 Å².